The molecule has 1 aliphatic carbocycles. The summed E-state index contributed by atoms with van der Waals surface area (Å²) in [5.74, 6) is 0. The Labute approximate surface area is 115 Å². The summed E-state index contributed by atoms with van der Waals surface area (Å²) in [7, 11) is 1.68. The van der Waals surface area contributed by atoms with Gasteiger partial charge in [0.05, 0.1) is 0 Å². The van der Waals surface area contributed by atoms with Crippen LogP contribution < -0.4 is 16.9 Å². The van der Waals surface area contributed by atoms with Crippen LogP contribution in [0.2, 0.25) is 0 Å². The Bertz CT molecular complexity index is 578. The second-order valence-corrected chi connectivity index (χ2v) is 6.97. The molecule has 0 bridgehead atoms. The largest absolute Gasteiger partial charge is 0.339 e. The molecule has 3 N–H and O–H groups in total. The summed E-state index contributed by atoms with van der Waals surface area (Å²) >= 11 is 1.48. The van der Waals surface area contributed by atoms with Crippen LogP contribution in [0.3, 0.4) is 0 Å². The van der Waals surface area contributed by atoms with Crippen molar-refractivity contribution in [2.75, 3.05) is 0 Å². The van der Waals surface area contributed by atoms with E-state index in [1.807, 2.05) is 0 Å². The van der Waals surface area contributed by atoms with Crippen molar-refractivity contribution in [1.82, 2.24) is 14.8 Å². The number of H-pyrrole nitrogens is 1. The van der Waals surface area contributed by atoms with Gasteiger partial charge in [-0.15, -0.1) is 0 Å². The van der Waals surface area contributed by atoms with E-state index in [0.29, 0.717) is 5.16 Å². The molecule has 0 amide bonds. The van der Waals surface area contributed by atoms with Gasteiger partial charge < -0.3 is 5.73 Å². The smallest absolute Gasteiger partial charge is 0.326 e. The number of hydrogen-bond donors (Lipinski definition) is 2. The van der Waals surface area contributed by atoms with Gasteiger partial charge in [-0.3, -0.25) is 19.4 Å². The third kappa shape index (κ3) is 2.92. The molecule has 1 heterocycles. The second kappa shape index (κ2) is 5.13. The van der Waals surface area contributed by atoms with Crippen molar-refractivity contribution >= 4 is 11.8 Å². The zero-order valence-corrected chi connectivity index (χ0v) is 12.3. The molecular weight excluding hydrogens is 264 g/mol. The quantitative estimate of drug-likeness (QED) is 0.770. The molecule has 2 atom stereocenters. The highest BCUT2D eigenvalue weighted by molar-refractivity contribution is 7.99. The monoisotopic (exact) mass is 284 g/mol. The van der Waals surface area contributed by atoms with Gasteiger partial charge in [0, 0.05) is 18.3 Å². The Morgan fingerprint density at radius 3 is 2.84 bits per heavy atom. The van der Waals surface area contributed by atoms with E-state index in [4.69, 9.17) is 5.73 Å². The first-order chi connectivity index (χ1) is 8.81. The third-order valence-corrected chi connectivity index (χ3v) is 5.22. The number of hydrogen-bond acceptors (Lipinski definition) is 5. The Morgan fingerprint density at radius 2 is 2.16 bits per heavy atom. The summed E-state index contributed by atoms with van der Waals surface area (Å²) in [6.45, 7) is 4.34. The fourth-order valence-electron chi connectivity index (χ4n) is 2.44. The SMILES string of the molecule is Cn1[nH]c(=O)c(=O)nc1SC1CCCC(C)(C)C1N. The van der Waals surface area contributed by atoms with Gasteiger partial charge in [0.25, 0.3) is 0 Å². The van der Waals surface area contributed by atoms with Gasteiger partial charge in [-0.1, -0.05) is 32.0 Å². The molecule has 106 valence electrons. The Hall–Kier alpha value is -1.08. The van der Waals surface area contributed by atoms with Gasteiger partial charge in [0.15, 0.2) is 5.16 Å². The fraction of sp³-hybridized carbons (Fsp3) is 0.750. The predicted molar refractivity (Wildman–Crippen MR) is 75.4 cm³/mol. The van der Waals surface area contributed by atoms with Crippen molar-refractivity contribution in [3.63, 3.8) is 0 Å². The lowest BCUT2D eigenvalue weighted by atomic mass is 9.73. The van der Waals surface area contributed by atoms with Crippen LogP contribution in [-0.2, 0) is 7.05 Å². The average Bonchev–Trinajstić information content (AvgIpc) is 2.32. The Balaban J connectivity index is 2.24. The third-order valence-electron chi connectivity index (χ3n) is 3.82. The van der Waals surface area contributed by atoms with Crippen LogP contribution in [-0.4, -0.2) is 26.1 Å². The number of nitrogens with zero attached hydrogens (tertiary/aromatic N) is 2. The molecule has 6 nitrogen and oxygen atoms in total. The van der Waals surface area contributed by atoms with E-state index in [0.717, 1.165) is 19.3 Å². The van der Waals surface area contributed by atoms with Crippen LogP contribution in [0.15, 0.2) is 14.7 Å². The average molecular weight is 284 g/mol. The van der Waals surface area contributed by atoms with Crippen molar-refractivity contribution in [1.29, 1.82) is 0 Å². The van der Waals surface area contributed by atoms with Crippen molar-refractivity contribution in [2.24, 2.45) is 18.2 Å². The van der Waals surface area contributed by atoms with E-state index >= 15 is 0 Å². The molecular formula is C12H20N4O2S. The maximum Gasteiger partial charge on any atom is 0.339 e. The van der Waals surface area contributed by atoms with Crippen LogP contribution in [0.25, 0.3) is 0 Å². The lowest BCUT2D eigenvalue weighted by Crippen LogP contribution is -2.48. The maximum absolute atomic E-state index is 11.3. The van der Waals surface area contributed by atoms with Crippen molar-refractivity contribution in [2.45, 2.75) is 49.6 Å². The highest BCUT2D eigenvalue weighted by atomic mass is 32.2. The van der Waals surface area contributed by atoms with Crippen LogP contribution in [0.5, 0.6) is 0 Å². The molecule has 1 saturated carbocycles. The summed E-state index contributed by atoms with van der Waals surface area (Å²) in [4.78, 5) is 26.3. The zero-order chi connectivity index (χ0) is 14.2. The van der Waals surface area contributed by atoms with E-state index in [1.165, 1.54) is 16.4 Å². The van der Waals surface area contributed by atoms with Crippen LogP contribution in [0.4, 0.5) is 0 Å². The highest BCUT2D eigenvalue weighted by Gasteiger charge is 2.37. The molecule has 1 fully saturated rings. The summed E-state index contributed by atoms with van der Waals surface area (Å²) in [5, 5.41) is 3.19. The molecule has 1 aromatic heterocycles. The topological polar surface area (TPSA) is 93.8 Å². The first-order valence-electron chi connectivity index (χ1n) is 6.41. The Kier molecular flexibility index (Phi) is 3.87. The van der Waals surface area contributed by atoms with Gasteiger partial charge in [0.2, 0.25) is 0 Å². The van der Waals surface area contributed by atoms with Crippen molar-refractivity contribution < 1.29 is 0 Å². The minimum atomic E-state index is -0.746. The van der Waals surface area contributed by atoms with Crippen LogP contribution in [0, 0.1) is 5.41 Å². The number of thioether (sulfide) groups is 1. The molecule has 0 saturated heterocycles. The molecule has 1 aromatic rings. The number of nitrogens with one attached hydrogen (secondary N) is 1. The number of aryl methyl sites for hydroxylation is 1. The normalized spacial score (nSPS) is 26.3. The fourth-order valence-corrected chi connectivity index (χ4v) is 3.85. The predicted octanol–water partition coefficient (Wildman–Crippen LogP) is 0.467. The molecule has 19 heavy (non-hydrogen) atoms. The Morgan fingerprint density at radius 1 is 1.47 bits per heavy atom. The maximum atomic E-state index is 11.3. The first kappa shape index (κ1) is 14.3. The molecule has 2 unspecified atom stereocenters. The number of rotatable bonds is 2. The lowest BCUT2D eigenvalue weighted by Gasteiger charge is -2.41. The second-order valence-electron chi connectivity index (χ2n) is 5.76. The van der Waals surface area contributed by atoms with Gasteiger partial charge in [0.1, 0.15) is 0 Å². The summed E-state index contributed by atoms with van der Waals surface area (Å²) in [6.07, 6.45) is 3.24. The number of aromatic nitrogens is 3. The molecule has 0 aromatic carbocycles. The van der Waals surface area contributed by atoms with E-state index < -0.39 is 11.1 Å². The molecule has 7 heteroatoms. The summed E-state index contributed by atoms with van der Waals surface area (Å²) in [6, 6.07) is 0.0510. The molecule has 0 aliphatic heterocycles. The van der Waals surface area contributed by atoms with Crippen LogP contribution >= 0.6 is 11.8 Å². The minimum absolute atomic E-state index is 0.0510. The number of aromatic amines is 1. The van der Waals surface area contributed by atoms with Crippen molar-refractivity contribution in [3.05, 3.63) is 20.7 Å². The van der Waals surface area contributed by atoms with E-state index in [9.17, 15) is 9.59 Å². The number of nitrogens with two attached hydrogens (primary N) is 1. The lowest BCUT2D eigenvalue weighted by molar-refractivity contribution is 0.208. The van der Waals surface area contributed by atoms with E-state index in [1.54, 1.807) is 7.05 Å². The van der Waals surface area contributed by atoms with Gasteiger partial charge in [-0.05, 0) is 18.3 Å². The standard InChI is InChI=1S/C12H20N4O2S/c1-12(2)6-4-5-7(8(12)13)19-11-14-9(17)10(18)15-16(11)3/h7-8H,4-6,13H2,1-3H3,(H,15,18). The summed E-state index contributed by atoms with van der Waals surface area (Å²) < 4.78 is 1.49. The molecule has 0 spiro atoms. The van der Waals surface area contributed by atoms with Crippen LogP contribution in [0.1, 0.15) is 33.1 Å². The molecule has 1 aliphatic rings. The minimum Gasteiger partial charge on any atom is -0.326 e. The first-order valence-corrected chi connectivity index (χ1v) is 7.29. The highest BCUT2D eigenvalue weighted by Crippen LogP contribution is 2.40. The molecule has 0 radical (unpaired) electrons. The van der Waals surface area contributed by atoms with E-state index in [2.05, 4.69) is 23.9 Å². The molecule has 2 rings (SSSR count). The zero-order valence-electron chi connectivity index (χ0n) is 11.5. The van der Waals surface area contributed by atoms with Crippen molar-refractivity contribution in [3.8, 4) is 0 Å². The van der Waals surface area contributed by atoms with Gasteiger partial charge in [-0.25, -0.2) is 0 Å². The van der Waals surface area contributed by atoms with E-state index in [-0.39, 0.29) is 16.7 Å². The van der Waals surface area contributed by atoms with Gasteiger partial charge in [-0.2, -0.15) is 4.98 Å². The summed E-state index contributed by atoms with van der Waals surface area (Å²) in [5.41, 5.74) is 4.97. The van der Waals surface area contributed by atoms with Gasteiger partial charge >= 0.3 is 11.1 Å².